The Bertz CT molecular complexity index is 1040. The number of amides is 1. The second-order valence-corrected chi connectivity index (χ2v) is 8.53. The molecule has 1 aromatic carbocycles. The molecule has 3 aromatic heterocycles. The molecule has 0 atom stereocenters. The van der Waals surface area contributed by atoms with E-state index in [1.165, 1.54) is 11.3 Å². The Morgan fingerprint density at radius 2 is 1.93 bits per heavy atom. The van der Waals surface area contributed by atoms with Crippen molar-refractivity contribution in [3.63, 3.8) is 0 Å². The smallest absolute Gasteiger partial charge is 0.273 e. The zero-order valence-corrected chi connectivity index (χ0v) is 16.2. The fourth-order valence-electron chi connectivity index (χ4n) is 3.57. The van der Waals surface area contributed by atoms with Crippen LogP contribution in [0.4, 0.5) is 0 Å². The van der Waals surface area contributed by atoms with Crippen LogP contribution in [-0.4, -0.2) is 38.8 Å². The van der Waals surface area contributed by atoms with E-state index in [2.05, 4.69) is 16.0 Å². The van der Waals surface area contributed by atoms with Crippen molar-refractivity contribution in [2.75, 3.05) is 13.1 Å². The van der Waals surface area contributed by atoms with Crippen LogP contribution in [0.25, 0.3) is 20.9 Å². The van der Waals surface area contributed by atoms with Crippen molar-refractivity contribution in [3.05, 3.63) is 58.7 Å². The van der Waals surface area contributed by atoms with E-state index >= 15 is 0 Å². The van der Waals surface area contributed by atoms with E-state index in [4.69, 9.17) is 4.98 Å². The summed E-state index contributed by atoms with van der Waals surface area (Å²) in [4.78, 5) is 28.6. The molecule has 0 bridgehead atoms. The van der Waals surface area contributed by atoms with Crippen LogP contribution in [0.15, 0.2) is 47.2 Å². The summed E-state index contributed by atoms with van der Waals surface area (Å²) in [5, 5.41) is 4.83. The van der Waals surface area contributed by atoms with Crippen molar-refractivity contribution in [3.8, 4) is 9.88 Å². The summed E-state index contributed by atoms with van der Waals surface area (Å²) < 4.78 is 0. The molecule has 4 aromatic rings. The van der Waals surface area contributed by atoms with Crippen LogP contribution in [0.2, 0.25) is 0 Å². The predicted octanol–water partition coefficient (Wildman–Crippen LogP) is 4.77. The SMILES string of the molecule is O=C(c1csc(-c2cccs2)n1)N1CCC(c2nc3ccccc3[nH]2)CC1. The number of hydrogen-bond donors (Lipinski definition) is 1. The summed E-state index contributed by atoms with van der Waals surface area (Å²) in [5.74, 6) is 1.45. The number of nitrogens with zero attached hydrogens (tertiary/aromatic N) is 3. The van der Waals surface area contributed by atoms with Gasteiger partial charge < -0.3 is 9.88 Å². The van der Waals surface area contributed by atoms with E-state index < -0.39 is 0 Å². The predicted molar refractivity (Wildman–Crippen MR) is 109 cm³/mol. The van der Waals surface area contributed by atoms with Gasteiger partial charge in [-0.05, 0) is 36.4 Å². The number of thiophene rings is 1. The van der Waals surface area contributed by atoms with Crippen LogP contribution < -0.4 is 0 Å². The lowest BCUT2D eigenvalue weighted by atomic mass is 9.96. The minimum atomic E-state index is 0.0390. The van der Waals surface area contributed by atoms with E-state index in [-0.39, 0.29) is 5.91 Å². The third kappa shape index (κ3) is 3.17. The van der Waals surface area contributed by atoms with E-state index in [0.29, 0.717) is 11.6 Å². The van der Waals surface area contributed by atoms with Gasteiger partial charge in [0.2, 0.25) is 0 Å². The Morgan fingerprint density at radius 1 is 1.07 bits per heavy atom. The quantitative estimate of drug-likeness (QED) is 0.544. The molecule has 0 radical (unpaired) electrons. The number of carbonyl (C=O) groups is 1. The van der Waals surface area contributed by atoms with Crippen molar-refractivity contribution < 1.29 is 4.79 Å². The van der Waals surface area contributed by atoms with Gasteiger partial charge in [-0.1, -0.05) is 18.2 Å². The first-order valence-corrected chi connectivity index (χ1v) is 10.8. The Morgan fingerprint density at radius 3 is 2.70 bits per heavy atom. The first-order valence-electron chi connectivity index (χ1n) is 9.01. The summed E-state index contributed by atoms with van der Waals surface area (Å²) in [6, 6.07) is 12.2. The van der Waals surface area contributed by atoms with Gasteiger partial charge in [0.15, 0.2) is 0 Å². The maximum absolute atomic E-state index is 12.8. The third-order valence-electron chi connectivity index (χ3n) is 5.03. The summed E-state index contributed by atoms with van der Waals surface area (Å²) in [6.07, 6.45) is 1.85. The number of para-hydroxylation sites is 2. The summed E-state index contributed by atoms with van der Waals surface area (Å²) in [6.45, 7) is 1.48. The number of benzene rings is 1. The molecule has 5 rings (SSSR count). The van der Waals surface area contributed by atoms with Gasteiger partial charge in [-0.2, -0.15) is 0 Å². The number of likely N-dealkylation sites (tertiary alicyclic amines) is 1. The van der Waals surface area contributed by atoms with Crippen LogP contribution >= 0.6 is 22.7 Å². The lowest BCUT2D eigenvalue weighted by Crippen LogP contribution is -2.38. The summed E-state index contributed by atoms with van der Waals surface area (Å²) in [7, 11) is 0. The number of fused-ring (bicyclic) bond motifs is 1. The topological polar surface area (TPSA) is 61.9 Å². The minimum absolute atomic E-state index is 0.0390. The van der Waals surface area contributed by atoms with Crippen LogP contribution in [0, 0.1) is 0 Å². The zero-order valence-electron chi connectivity index (χ0n) is 14.6. The van der Waals surface area contributed by atoms with Gasteiger partial charge in [-0.3, -0.25) is 4.79 Å². The van der Waals surface area contributed by atoms with Crippen LogP contribution in [0.1, 0.15) is 35.1 Å². The van der Waals surface area contributed by atoms with Crippen LogP contribution in [0.3, 0.4) is 0 Å². The maximum Gasteiger partial charge on any atom is 0.273 e. The Balaban J connectivity index is 1.26. The highest BCUT2D eigenvalue weighted by atomic mass is 32.1. The lowest BCUT2D eigenvalue weighted by molar-refractivity contribution is 0.0706. The molecule has 7 heteroatoms. The van der Waals surface area contributed by atoms with Crippen molar-refractivity contribution in [2.45, 2.75) is 18.8 Å². The summed E-state index contributed by atoms with van der Waals surface area (Å²) >= 11 is 3.18. The van der Waals surface area contributed by atoms with Crippen molar-refractivity contribution >= 4 is 39.6 Å². The molecule has 1 fully saturated rings. The molecule has 1 aliphatic rings. The van der Waals surface area contributed by atoms with Gasteiger partial charge >= 0.3 is 0 Å². The van der Waals surface area contributed by atoms with E-state index in [0.717, 1.165) is 52.7 Å². The molecule has 1 aliphatic heterocycles. The fourth-order valence-corrected chi connectivity index (χ4v) is 5.18. The Labute approximate surface area is 164 Å². The van der Waals surface area contributed by atoms with Gasteiger partial charge in [0.25, 0.3) is 5.91 Å². The van der Waals surface area contributed by atoms with Crippen molar-refractivity contribution in [1.82, 2.24) is 19.9 Å². The average Bonchev–Trinajstić information content (AvgIpc) is 3.47. The van der Waals surface area contributed by atoms with Crippen molar-refractivity contribution in [1.29, 1.82) is 0 Å². The average molecular weight is 395 g/mol. The fraction of sp³-hybridized carbons (Fsp3) is 0.250. The standard InChI is InChI=1S/C20H18N4OS2/c25-20(16-12-27-19(23-16)17-6-3-11-26-17)24-9-7-13(8-10-24)18-21-14-4-1-2-5-15(14)22-18/h1-6,11-13H,7-10H2,(H,21,22). The number of aromatic nitrogens is 3. The number of nitrogens with one attached hydrogen (secondary N) is 1. The molecule has 0 saturated carbocycles. The van der Waals surface area contributed by atoms with E-state index in [1.54, 1.807) is 11.3 Å². The number of carbonyl (C=O) groups excluding carboxylic acids is 1. The minimum Gasteiger partial charge on any atom is -0.342 e. The molecule has 1 N–H and O–H groups in total. The molecular formula is C20H18N4OS2. The van der Waals surface area contributed by atoms with Gasteiger partial charge in [0, 0.05) is 24.4 Å². The molecule has 0 spiro atoms. The molecule has 1 amide bonds. The molecule has 1 saturated heterocycles. The molecule has 0 aliphatic carbocycles. The molecule has 5 nitrogen and oxygen atoms in total. The molecule has 4 heterocycles. The van der Waals surface area contributed by atoms with Gasteiger partial charge in [-0.25, -0.2) is 9.97 Å². The van der Waals surface area contributed by atoms with Gasteiger partial charge in [0.1, 0.15) is 16.5 Å². The highest BCUT2D eigenvalue weighted by molar-refractivity contribution is 7.20. The zero-order chi connectivity index (χ0) is 18.2. The lowest BCUT2D eigenvalue weighted by Gasteiger charge is -2.30. The number of piperidine rings is 1. The molecule has 0 unspecified atom stereocenters. The van der Waals surface area contributed by atoms with E-state index in [1.807, 2.05) is 46.0 Å². The number of thiazole rings is 1. The maximum atomic E-state index is 12.8. The highest BCUT2D eigenvalue weighted by Gasteiger charge is 2.27. The molecule has 27 heavy (non-hydrogen) atoms. The number of rotatable bonds is 3. The Kier molecular flexibility index (Phi) is 4.26. The molecular weight excluding hydrogens is 376 g/mol. The first-order chi connectivity index (χ1) is 13.3. The van der Waals surface area contributed by atoms with Crippen molar-refractivity contribution in [2.24, 2.45) is 0 Å². The number of imidazole rings is 1. The second kappa shape index (κ2) is 6.90. The van der Waals surface area contributed by atoms with Crippen LogP contribution in [-0.2, 0) is 0 Å². The van der Waals surface area contributed by atoms with Gasteiger partial charge in [-0.15, -0.1) is 22.7 Å². The Hall–Kier alpha value is -2.51. The monoisotopic (exact) mass is 394 g/mol. The first kappa shape index (κ1) is 16.6. The molecule has 136 valence electrons. The number of aromatic amines is 1. The highest BCUT2D eigenvalue weighted by Crippen LogP contribution is 2.30. The van der Waals surface area contributed by atoms with Crippen LogP contribution in [0.5, 0.6) is 0 Å². The summed E-state index contributed by atoms with van der Waals surface area (Å²) in [5.41, 5.74) is 2.65. The third-order valence-corrected chi connectivity index (χ3v) is 6.91. The number of H-pyrrole nitrogens is 1. The van der Waals surface area contributed by atoms with E-state index in [9.17, 15) is 4.79 Å². The largest absolute Gasteiger partial charge is 0.342 e. The number of hydrogen-bond acceptors (Lipinski definition) is 5. The normalized spacial score (nSPS) is 15.5. The second-order valence-electron chi connectivity index (χ2n) is 6.72. The van der Waals surface area contributed by atoms with Gasteiger partial charge in [0.05, 0.1) is 15.9 Å².